The fourth-order valence-electron chi connectivity index (χ4n) is 1.49. The van der Waals surface area contributed by atoms with E-state index in [4.69, 9.17) is 10.00 Å². The molecule has 0 radical (unpaired) electrons. The Morgan fingerprint density at radius 2 is 2.40 bits per heavy atom. The van der Waals surface area contributed by atoms with E-state index in [1.165, 1.54) is 0 Å². The number of thioether (sulfide) groups is 1. The van der Waals surface area contributed by atoms with Gasteiger partial charge in [0.05, 0.1) is 11.6 Å². The van der Waals surface area contributed by atoms with Crippen LogP contribution in [0.5, 0.6) is 5.75 Å². The molecule has 20 heavy (non-hydrogen) atoms. The number of ether oxygens (including phenoxy) is 1. The molecule has 1 rings (SSSR count). The van der Waals surface area contributed by atoms with E-state index < -0.39 is 6.10 Å². The first kappa shape index (κ1) is 16.6. The zero-order chi connectivity index (χ0) is 14.6. The van der Waals surface area contributed by atoms with Crippen molar-refractivity contribution < 1.29 is 9.84 Å². The molecule has 0 aliphatic rings. The van der Waals surface area contributed by atoms with Crippen molar-refractivity contribution in [2.75, 3.05) is 31.2 Å². The van der Waals surface area contributed by atoms with Gasteiger partial charge < -0.3 is 15.2 Å². The molecule has 1 atom stereocenters. The van der Waals surface area contributed by atoms with Crippen LogP contribution in [0.3, 0.4) is 0 Å². The van der Waals surface area contributed by atoms with E-state index in [1.807, 2.05) is 12.1 Å². The predicted molar refractivity (Wildman–Crippen MR) is 83.1 cm³/mol. The maximum absolute atomic E-state index is 9.76. The molecule has 0 aliphatic carbocycles. The van der Waals surface area contributed by atoms with Gasteiger partial charge in [0.1, 0.15) is 18.5 Å². The minimum Gasteiger partial charge on any atom is -0.491 e. The zero-order valence-electron chi connectivity index (χ0n) is 11.4. The van der Waals surface area contributed by atoms with Crippen LogP contribution in [0.25, 0.3) is 0 Å². The first-order valence-corrected chi connectivity index (χ1v) is 7.62. The minimum atomic E-state index is -0.565. The van der Waals surface area contributed by atoms with Gasteiger partial charge in [-0.1, -0.05) is 12.1 Å². The second-order valence-corrected chi connectivity index (χ2v) is 5.32. The summed E-state index contributed by atoms with van der Waals surface area (Å²) in [6.07, 6.45) is 1.31. The van der Waals surface area contributed by atoms with Gasteiger partial charge >= 0.3 is 0 Å². The van der Waals surface area contributed by atoms with Crippen LogP contribution in [-0.4, -0.2) is 42.4 Å². The first-order chi connectivity index (χ1) is 9.76. The molecule has 0 bridgehead atoms. The second-order valence-electron chi connectivity index (χ2n) is 4.17. The van der Waals surface area contributed by atoms with Crippen molar-refractivity contribution in [3.63, 3.8) is 0 Å². The average molecular weight is 292 g/mol. The summed E-state index contributed by atoms with van der Waals surface area (Å²) in [5, 5.41) is 21.7. The van der Waals surface area contributed by atoms with Crippen molar-refractivity contribution in [2.24, 2.45) is 0 Å². The number of rotatable bonds is 10. The van der Waals surface area contributed by atoms with Crippen LogP contribution < -0.4 is 10.1 Å². The summed E-state index contributed by atoms with van der Waals surface area (Å²) < 4.78 is 5.45. The molecule has 0 saturated carbocycles. The van der Waals surface area contributed by atoms with E-state index in [0.29, 0.717) is 17.9 Å². The first-order valence-electron chi connectivity index (χ1n) is 6.46. The van der Waals surface area contributed by atoms with E-state index in [9.17, 15) is 5.11 Å². The molecule has 0 spiro atoms. The van der Waals surface area contributed by atoms with Crippen LogP contribution >= 0.6 is 11.8 Å². The van der Waals surface area contributed by atoms with E-state index >= 15 is 0 Å². The third-order valence-corrected chi connectivity index (χ3v) is 3.41. The highest BCUT2D eigenvalue weighted by Crippen LogP contribution is 2.12. The minimum absolute atomic E-state index is 0.210. The molecule has 0 aromatic heterocycles. The van der Waals surface area contributed by atoms with Gasteiger partial charge in [0.15, 0.2) is 0 Å². The van der Waals surface area contributed by atoms with Crippen molar-refractivity contribution in [2.45, 2.75) is 6.10 Å². The highest BCUT2D eigenvalue weighted by atomic mass is 32.2. The Hall–Kier alpha value is -1.48. The number of aliphatic hydroxyl groups is 1. The normalized spacial score (nSPS) is 11.6. The van der Waals surface area contributed by atoms with Crippen molar-refractivity contribution in [1.82, 2.24) is 5.32 Å². The van der Waals surface area contributed by atoms with E-state index in [-0.39, 0.29) is 6.61 Å². The summed E-state index contributed by atoms with van der Waals surface area (Å²) in [5.41, 5.74) is 0.550. The van der Waals surface area contributed by atoms with Crippen LogP contribution in [0.4, 0.5) is 0 Å². The lowest BCUT2D eigenvalue weighted by Gasteiger charge is -2.13. The maximum Gasteiger partial charge on any atom is 0.120 e. The standard InChI is InChI=1S/C15H20N2O2S/c1-2-7-20-8-6-17-11-14(18)12-19-15-5-3-4-13(9-15)10-16/h2-5,9,14,17-18H,1,6-8,11-12H2. The highest BCUT2D eigenvalue weighted by molar-refractivity contribution is 7.99. The summed E-state index contributed by atoms with van der Waals surface area (Å²) in [5.74, 6) is 2.54. The fraction of sp³-hybridized carbons (Fsp3) is 0.400. The van der Waals surface area contributed by atoms with E-state index in [2.05, 4.69) is 11.9 Å². The SMILES string of the molecule is C=CCSCCNCC(O)COc1cccc(C#N)c1. The molecule has 1 aromatic carbocycles. The Bertz CT molecular complexity index is 446. The molecule has 1 aromatic rings. The summed E-state index contributed by atoms with van der Waals surface area (Å²) >= 11 is 1.80. The quantitative estimate of drug-likeness (QED) is 0.508. The Balaban J connectivity index is 2.14. The lowest BCUT2D eigenvalue weighted by molar-refractivity contribution is 0.107. The van der Waals surface area contributed by atoms with Gasteiger partial charge in [-0.15, -0.1) is 6.58 Å². The van der Waals surface area contributed by atoms with Crippen LogP contribution in [-0.2, 0) is 0 Å². The number of hydrogen-bond donors (Lipinski definition) is 2. The Morgan fingerprint density at radius 1 is 1.55 bits per heavy atom. The largest absolute Gasteiger partial charge is 0.491 e. The average Bonchev–Trinajstić information content (AvgIpc) is 2.49. The number of aliphatic hydroxyl groups excluding tert-OH is 1. The van der Waals surface area contributed by atoms with Crippen molar-refractivity contribution in [3.05, 3.63) is 42.5 Å². The lowest BCUT2D eigenvalue weighted by atomic mass is 10.2. The molecule has 1 unspecified atom stereocenters. The van der Waals surface area contributed by atoms with Crippen LogP contribution in [0, 0.1) is 11.3 Å². The van der Waals surface area contributed by atoms with Gasteiger partial charge in [0, 0.05) is 24.6 Å². The molecule has 2 N–H and O–H groups in total. The number of nitriles is 1. The monoisotopic (exact) mass is 292 g/mol. The van der Waals surface area contributed by atoms with Gasteiger partial charge in [-0.3, -0.25) is 0 Å². The van der Waals surface area contributed by atoms with Crippen molar-refractivity contribution in [3.8, 4) is 11.8 Å². The maximum atomic E-state index is 9.76. The van der Waals surface area contributed by atoms with E-state index in [1.54, 1.807) is 36.0 Å². The van der Waals surface area contributed by atoms with Crippen LogP contribution in [0.15, 0.2) is 36.9 Å². The Morgan fingerprint density at radius 3 is 3.15 bits per heavy atom. The zero-order valence-corrected chi connectivity index (χ0v) is 12.2. The number of nitrogens with one attached hydrogen (secondary N) is 1. The van der Waals surface area contributed by atoms with Gasteiger partial charge in [0.2, 0.25) is 0 Å². The third-order valence-electron chi connectivity index (χ3n) is 2.44. The molecule has 4 nitrogen and oxygen atoms in total. The number of benzene rings is 1. The molecule has 0 aliphatic heterocycles. The summed E-state index contributed by atoms with van der Waals surface area (Å²) in [7, 11) is 0. The number of nitrogens with zero attached hydrogens (tertiary/aromatic N) is 1. The lowest BCUT2D eigenvalue weighted by Crippen LogP contribution is -2.32. The highest BCUT2D eigenvalue weighted by Gasteiger charge is 2.05. The third kappa shape index (κ3) is 7.19. The van der Waals surface area contributed by atoms with Crippen LogP contribution in [0.1, 0.15) is 5.56 Å². The predicted octanol–water partition coefficient (Wildman–Crippen LogP) is 1.81. The molecule has 5 heteroatoms. The second kappa shape index (κ2) is 10.3. The molecule has 108 valence electrons. The van der Waals surface area contributed by atoms with Gasteiger partial charge in [-0.25, -0.2) is 0 Å². The summed E-state index contributed by atoms with van der Waals surface area (Å²) in [6, 6.07) is 8.95. The molecule has 0 heterocycles. The number of hydrogen-bond acceptors (Lipinski definition) is 5. The Labute approximate surface area is 124 Å². The van der Waals surface area contributed by atoms with Gasteiger partial charge in [0.25, 0.3) is 0 Å². The van der Waals surface area contributed by atoms with Crippen LogP contribution in [0.2, 0.25) is 0 Å². The smallest absolute Gasteiger partial charge is 0.120 e. The fourth-order valence-corrected chi connectivity index (χ4v) is 2.11. The van der Waals surface area contributed by atoms with Crippen molar-refractivity contribution in [1.29, 1.82) is 5.26 Å². The molecular formula is C15H20N2O2S. The molecule has 0 saturated heterocycles. The van der Waals surface area contributed by atoms with Gasteiger partial charge in [-0.05, 0) is 18.2 Å². The summed E-state index contributed by atoms with van der Waals surface area (Å²) in [6.45, 7) is 5.20. The topological polar surface area (TPSA) is 65.3 Å². The van der Waals surface area contributed by atoms with Gasteiger partial charge in [-0.2, -0.15) is 17.0 Å². The van der Waals surface area contributed by atoms with E-state index in [0.717, 1.165) is 18.1 Å². The van der Waals surface area contributed by atoms with Crippen molar-refractivity contribution >= 4 is 11.8 Å². The molecular weight excluding hydrogens is 272 g/mol. The Kier molecular flexibility index (Phi) is 8.56. The summed E-state index contributed by atoms with van der Waals surface area (Å²) in [4.78, 5) is 0. The molecule has 0 amide bonds. The molecule has 0 fully saturated rings.